The smallest absolute Gasteiger partial charge is 0.335 e. The van der Waals surface area contributed by atoms with Crippen LogP contribution in [0.1, 0.15) is 31.1 Å². The Morgan fingerprint density at radius 3 is 2.30 bits per heavy atom. The van der Waals surface area contributed by atoms with Crippen molar-refractivity contribution in [2.24, 2.45) is 5.41 Å². The van der Waals surface area contributed by atoms with Gasteiger partial charge in [-0.3, -0.25) is 4.31 Å². The van der Waals surface area contributed by atoms with Crippen molar-refractivity contribution in [2.75, 3.05) is 22.8 Å². The van der Waals surface area contributed by atoms with Crippen molar-refractivity contribution in [2.45, 2.75) is 20.8 Å². The van der Waals surface area contributed by atoms with Crippen LogP contribution < -0.4 is 10.0 Å². The van der Waals surface area contributed by atoms with Gasteiger partial charge in [-0.1, -0.05) is 20.8 Å². The van der Waals surface area contributed by atoms with Gasteiger partial charge >= 0.3 is 5.97 Å². The molecule has 0 unspecified atom stereocenters. The van der Waals surface area contributed by atoms with E-state index in [1.54, 1.807) is 0 Å². The van der Waals surface area contributed by atoms with Crippen LogP contribution in [0.2, 0.25) is 0 Å². The number of anilines is 2. The predicted octanol–water partition coefficient (Wildman–Crippen LogP) is 1.78. The molecule has 1 rings (SSSR count). The summed E-state index contributed by atoms with van der Waals surface area (Å²) in [6.45, 7) is 5.49. The fourth-order valence-electron chi connectivity index (χ4n) is 1.77. The molecule has 0 bridgehead atoms. The van der Waals surface area contributed by atoms with Gasteiger partial charge in [-0.25, -0.2) is 13.2 Å². The van der Waals surface area contributed by atoms with Crippen molar-refractivity contribution >= 4 is 27.4 Å². The Morgan fingerprint density at radius 2 is 1.90 bits per heavy atom. The van der Waals surface area contributed by atoms with Crippen molar-refractivity contribution in [3.8, 4) is 0 Å². The highest BCUT2D eigenvalue weighted by atomic mass is 32.2. The van der Waals surface area contributed by atoms with Gasteiger partial charge in [0.15, 0.2) is 0 Å². The summed E-state index contributed by atoms with van der Waals surface area (Å²) in [5, 5.41) is 8.86. The average molecular weight is 300 g/mol. The molecule has 0 atom stereocenters. The fourth-order valence-corrected chi connectivity index (χ4v) is 3.52. The number of carboxylic acids is 1. The van der Waals surface area contributed by atoms with Crippen LogP contribution in [0, 0.1) is 5.41 Å². The molecular weight excluding hydrogens is 280 g/mol. The highest BCUT2D eigenvalue weighted by molar-refractivity contribution is 7.92. The van der Waals surface area contributed by atoms with E-state index in [0.717, 1.165) is 4.31 Å². The predicted molar refractivity (Wildman–Crippen MR) is 79.5 cm³/mol. The molecular formula is C13H20N2O4S. The molecule has 112 valence electrons. The molecule has 0 amide bonds. The molecule has 1 aromatic carbocycles. The van der Waals surface area contributed by atoms with E-state index in [9.17, 15) is 13.2 Å². The van der Waals surface area contributed by atoms with Gasteiger partial charge in [-0.05, 0) is 23.6 Å². The van der Waals surface area contributed by atoms with E-state index < -0.39 is 16.0 Å². The molecule has 0 saturated carbocycles. The lowest BCUT2D eigenvalue weighted by Gasteiger charge is -2.26. The maximum absolute atomic E-state index is 12.3. The lowest BCUT2D eigenvalue weighted by atomic mass is 10.0. The van der Waals surface area contributed by atoms with Crippen molar-refractivity contribution < 1.29 is 18.3 Å². The zero-order chi connectivity index (χ0) is 15.7. The fraction of sp³-hybridized carbons (Fsp3) is 0.462. The number of carboxylic acid groups (broad SMARTS) is 1. The summed E-state index contributed by atoms with van der Waals surface area (Å²) in [4.78, 5) is 10.8. The van der Waals surface area contributed by atoms with Gasteiger partial charge < -0.3 is 10.8 Å². The molecule has 7 heteroatoms. The third-order valence-electron chi connectivity index (χ3n) is 2.65. The van der Waals surface area contributed by atoms with Gasteiger partial charge in [0.05, 0.1) is 22.7 Å². The minimum atomic E-state index is -3.52. The molecule has 0 saturated heterocycles. The van der Waals surface area contributed by atoms with Crippen LogP contribution in [0.3, 0.4) is 0 Å². The molecule has 0 spiro atoms. The SMILES string of the molecule is CN(c1ccc(C(=O)O)cc1N)S(=O)(=O)CC(C)(C)C. The van der Waals surface area contributed by atoms with E-state index in [-0.39, 0.29) is 28.1 Å². The standard InChI is InChI=1S/C13H20N2O4S/c1-13(2,3)8-20(18,19)15(4)11-6-5-9(12(16)17)7-10(11)14/h5-7H,8,14H2,1-4H3,(H,16,17). The Labute approximate surface area is 119 Å². The van der Waals surface area contributed by atoms with Crippen molar-refractivity contribution in [3.05, 3.63) is 23.8 Å². The molecule has 20 heavy (non-hydrogen) atoms. The number of aromatic carboxylic acids is 1. The topological polar surface area (TPSA) is 101 Å². The highest BCUT2D eigenvalue weighted by Gasteiger charge is 2.27. The highest BCUT2D eigenvalue weighted by Crippen LogP contribution is 2.28. The number of benzene rings is 1. The van der Waals surface area contributed by atoms with E-state index >= 15 is 0 Å². The maximum atomic E-state index is 12.3. The maximum Gasteiger partial charge on any atom is 0.335 e. The number of rotatable bonds is 4. The summed E-state index contributed by atoms with van der Waals surface area (Å²) < 4.78 is 25.6. The zero-order valence-corrected chi connectivity index (χ0v) is 12.9. The summed E-state index contributed by atoms with van der Waals surface area (Å²) in [5.74, 6) is -1.14. The quantitative estimate of drug-likeness (QED) is 0.825. The summed E-state index contributed by atoms with van der Waals surface area (Å²) in [5.41, 5.74) is 5.78. The first-order valence-electron chi connectivity index (χ1n) is 6.03. The molecule has 0 aromatic heterocycles. The van der Waals surface area contributed by atoms with Crippen LogP contribution >= 0.6 is 0 Å². The van der Waals surface area contributed by atoms with Crippen LogP contribution in [0.4, 0.5) is 11.4 Å². The van der Waals surface area contributed by atoms with Crippen LogP contribution in [0.15, 0.2) is 18.2 Å². The Bertz CT molecular complexity index is 618. The number of nitrogen functional groups attached to an aromatic ring is 1. The molecule has 3 N–H and O–H groups in total. The van der Waals surface area contributed by atoms with E-state index in [2.05, 4.69) is 0 Å². The monoisotopic (exact) mass is 300 g/mol. The number of hydrogen-bond acceptors (Lipinski definition) is 4. The lowest BCUT2D eigenvalue weighted by Crippen LogP contribution is -2.34. The molecule has 0 aliphatic carbocycles. The van der Waals surface area contributed by atoms with Crippen LogP contribution in [0.5, 0.6) is 0 Å². The number of nitrogens with zero attached hydrogens (tertiary/aromatic N) is 1. The van der Waals surface area contributed by atoms with Crippen molar-refractivity contribution in [1.29, 1.82) is 0 Å². The minimum absolute atomic E-state index is 0.0212. The molecule has 0 radical (unpaired) electrons. The first-order valence-corrected chi connectivity index (χ1v) is 7.64. The lowest BCUT2D eigenvalue weighted by molar-refractivity contribution is 0.0697. The molecule has 0 aliphatic rings. The minimum Gasteiger partial charge on any atom is -0.478 e. The van der Waals surface area contributed by atoms with Crippen molar-refractivity contribution in [3.63, 3.8) is 0 Å². The van der Waals surface area contributed by atoms with Crippen LogP contribution in [0.25, 0.3) is 0 Å². The molecule has 0 aliphatic heterocycles. The van der Waals surface area contributed by atoms with Crippen molar-refractivity contribution in [1.82, 2.24) is 0 Å². The number of carbonyl (C=O) groups is 1. The number of sulfonamides is 1. The molecule has 0 fully saturated rings. The Balaban J connectivity index is 3.16. The van der Waals surface area contributed by atoms with E-state index in [4.69, 9.17) is 10.8 Å². The van der Waals surface area contributed by atoms with Gasteiger partial charge in [0.1, 0.15) is 0 Å². The zero-order valence-electron chi connectivity index (χ0n) is 12.0. The average Bonchev–Trinajstić information content (AvgIpc) is 2.24. The first-order chi connectivity index (χ1) is 8.94. The van der Waals surface area contributed by atoms with E-state index in [1.165, 1.54) is 25.2 Å². The Morgan fingerprint density at radius 1 is 1.35 bits per heavy atom. The summed E-state index contributed by atoms with van der Waals surface area (Å²) in [7, 11) is -2.11. The van der Waals surface area contributed by atoms with E-state index in [1.807, 2.05) is 20.8 Å². The van der Waals surface area contributed by atoms with Crippen LogP contribution in [-0.2, 0) is 10.0 Å². The summed E-state index contributed by atoms with van der Waals surface area (Å²) >= 11 is 0. The van der Waals surface area contributed by atoms with E-state index in [0.29, 0.717) is 0 Å². The molecule has 6 nitrogen and oxygen atoms in total. The number of hydrogen-bond donors (Lipinski definition) is 2. The summed E-state index contributed by atoms with van der Waals surface area (Å²) in [6, 6.07) is 3.98. The number of nitrogens with two attached hydrogens (primary N) is 1. The summed E-state index contributed by atoms with van der Waals surface area (Å²) in [6.07, 6.45) is 0. The molecule has 1 aromatic rings. The molecule has 0 heterocycles. The first kappa shape index (κ1) is 16.3. The second kappa shape index (κ2) is 5.32. The third kappa shape index (κ3) is 3.86. The second-order valence-electron chi connectivity index (χ2n) is 5.86. The Hall–Kier alpha value is -1.76. The van der Waals surface area contributed by atoms with Gasteiger partial charge in [-0.2, -0.15) is 0 Å². The second-order valence-corrected chi connectivity index (χ2v) is 7.86. The third-order valence-corrected chi connectivity index (χ3v) is 4.91. The Kier molecular flexibility index (Phi) is 4.33. The van der Waals surface area contributed by atoms with Crippen LogP contribution in [-0.4, -0.2) is 32.3 Å². The normalized spacial score (nSPS) is 12.2. The van der Waals surface area contributed by atoms with Gasteiger partial charge in [0.25, 0.3) is 0 Å². The largest absolute Gasteiger partial charge is 0.478 e. The van der Waals surface area contributed by atoms with Gasteiger partial charge in [0.2, 0.25) is 10.0 Å². The van der Waals surface area contributed by atoms with Gasteiger partial charge in [-0.15, -0.1) is 0 Å². The van der Waals surface area contributed by atoms with Gasteiger partial charge in [0, 0.05) is 7.05 Å².